The van der Waals surface area contributed by atoms with Crippen molar-refractivity contribution >= 4 is 5.97 Å². The van der Waals surface area contributed by atoms with Gasteiger partial charge in [-0.1, -0.05) is 49.8 Å². The number of benzene rings is 1. The number of allylic oxidation sites excluding steroid dienone is 6. The molecule has 0 aromatic heterocycles. The van der Waals surface area contributed by atoms with Crippen molar-refractivity contribution in [2.24, 2.45) is 0 Å². The zero-order chi connectivity index (χ0) is 19.7. The van der Waals surface area contributed by atoms with Gasteiger partial charge in [0, 0.05) is 6.61 Å². The number of phenolic OH excluding ortho intramolecular Hbond substituents is 1. The molecule has 2 N–H and O–H groups in total. The third-order valence-corrected chi connectivity index (χ3v) is 3.54. The number of ether oxygens (including phenoxy) is 2. The molecule has 5 nitrogen and oxygen atoms in total. The molecule has 0 radical (unpaired) electrons. The number of aliphatic hydroxyl groups is 1. The molecule has 1 aromatic carbocycles. The van der Waals surface area contributed by atoms with E-state index in [2.05, 4.69) is 19.1 Å². The van der Waals surface area contributed by atoms with Gasteiger partial charge >= 0.3 is 5.97 Å². The van der Waals surface area contributed by atoms with Crippen LogP contribution in [0, 0.1) is 0 Å². The van der Waals surface area contributed by atoms with Gasteiger partial charge in [0.1, 0.15) is 18.5 Å². The Morgan fingerprint density at radius 1 is 1.04 bits per heavy atom. The summed E-state index contributed by atoms with van der Waals surface area (Å²) in [6.45, 7) is 2.68. The number of aromatic hydroxyl groups is 1. The molecule has 0 heterocycles. The van der Waals surface area contributed by atoms with Crippen molar-refractivity contribution in [3.63, 3.8) is 0 Å². The third-order valence-electron chi connectivity index (χ3n) is 3.54. The van der Waals surface area contributed by atoms with E-state index in [0.29, 0.717) is 12.2 Å². The lowest BCUT2D eigenvalue weighted by Crippen LogP contribution is -2.24. The maximum absolute atomic E-state index is 11.8. The zero-order valence-electron chi connectivity index (χ0n) is 15.9. The van der Waals surface area contributed by atoms with Crippen LogP contribution in [0.1, 0.15) is 43.0 Å². The quantitative estimate of drug-likeness (QED) is 0.308. The van der Waals surface area contributed by atoms with Crippen LogP contribution in [0.4, 0.5) is 0 Å². The van der Waals surface area contributed by atoms with E-state index in [9.17, 15) is 15.0 Å². The molecule has 0 aliphatic carbocycles. The van der Waals surface area contributed by atoms with Crippen LogP contribution in [0.2, 0.25) is 0 Å². The van der Waals surface area contributed by atoms with Crippen molar-refractivity contribution in [1.29, 1.82) is 0 Å². The first-order chi connectivity index (χ1) is 13.1. The maximum atomic E-state index is 11.8. The number of hydrogen-bond acceptors (Lipinski definition) is 5. The van der Waals surface area contributed by atoms with Gasteiger partial charge in [-0.25, -0.2) is 4.79 Å². The Balaban J connectivity index is 2.04. The molecule has 1 aromatic rings. The number of unbranched alkanes of at least 4 members (excludes halogenated alkanes) is 2. The van der Waals surface area contributed by atoms with Crippen LogP contribution in [0.3, 0.4) is 0 Å². The third kappa shape index (κ3) is 11.8. The van der Waals surface area contributed by atoms with Crippen molar-refractivity contribution in [2.75, 3.05) is 19.8 Å². The smallest absolute Gasteiger partial charge is 0.338 e. The van der Waals surface area contributed by atoms with Crippen LogP contribution in [0.5, 0.6) is 5.75 Å². The van der Waals surface area contributed by atoms with Crippen molar-refractivity contribution in [3.05, 3.63) is 66.3 Å². The molecule has 1 atom stereocenters. The SMILES string of the molecule is CCC/C=C/C=C/C=C/CCCOCC(O)COC(=O)c1ccc(O)cc1. The second-order valence-electron chi connectivity index (χ2n) is 6.05. The Hall–Kier alpha value is -2.37. The van der Waals surface area contributed by atoms with Gasteiger partial charge in [-0.15, -0.1) is 0 Å². The van der Waals surface area contributed by atoms with Crippen LogP contribution in [0.25, 0.3) is 0 Å². The van der Waals surface area contributed by atoms with Crippen LogP contribution >= 0.6 is 0 Å². The topological polar surface area (TPSA) is 76.0 Å². The molecule has 0 fully saturated rings. The first-order valence-corrected chi connectivity index (χ1v) is 9.33. The summed E-state index contributed by atoms with van der Waals surface area (Å²) in [4.78, 5) is 11.8. The van der Waals surface area contributed by atoms with Crippen molar-refractivity contribution < 1.29 is 24.5 Å². The zero-order valence-corrected chi connectivity index (χ0v) is 15.9. The fourth-order valence-electron chi connectivity index (χ4n) is 2.07. The highest BCUT2D eigenvalue weighted by molar-refractivity contribution is 5.89. The molecule has 1 unspecified atom stereocenters. The van der Waals surface area contributed by atoms with E-state index in [1.807, 2.05) is 24.3 Å². The number of carbonyl (C=O) groups is 1. The molecule has 1 rings (SSSR count). The van der Waals surface area contributed by atoms with Gasteiger partial charge in [-0.05, 0) is 43.5 Å². The second-order valence-corrected chi connectivity index (χ2v) is 6.05. The summed E-state index contributed by atoms with van der Waals surface area (Å²) >= 11 is 0. The van der Waals surface area contributed by atoms with Crippen molar-refractivity contribution in [3.8, 4) is 5.75 Å². The predicted molar refractivity (Wildman–Crippen MR) is 107 cm³/mol. The lowest BCUT2D eigenvalue weighted by atomic mass is 10.2. The summed E-state index contributed by atoms with van der Waals surface area (Å²) in [7, 11) is 0. The molecular weight excluding hydrogens is 344 g/mol. The average Bonchev–Trinajstić information content (AvgIpc) is 2.67. The second kappa shape index (κ2) is 14.8. The summed E-state index contributed by atoms with van der Waals surface area (Å²) in [5, 5.41) is 19.0. The monoisotopic (exact) mass is 374 g/mol. The van der Waals surface area contributed by atoms with Crippen LogP contribution in [-0.4, -0.2) is 42.1 Å². The number of hydrogen-bond donors (Lipinski definition) is 2. The summed E-state index contributed by atoms with van der Waals surface area (Å²) < 4.78 is 10.4. The number of carbonyl (C=O) groups excluding carboxylic acids is 1. The van der Waals surface area contributed by atoms with Gasteiger partial charge in [0.15, 0.2) is 0 Å². The highest BCUT2D eigenvalue weighted by atomic mass is 16.5. The Kier molecular flexibility index (Phi) is 12.4. The Bertz CT molecular complexity index is 602. The van der Waals surface area contributed by atoms with Crippen molar-refractivity contribution in [2.45, 2.75) is 38.7 Å². The van der Waals surface area contributed by atoms with E-state index in [1.54, 1.807) is 0 Å². The molecule has 148 valence electrons. The highest BCUT2D eigenvalue weighted by Crippen LogP contribution is 2.10. The van der Waals surface area contributed by atoms with Crippen LogP contribution < -0.4 is 0 Å². The number of phenols is 1. The van der Waals surface area contributed by atoms with Gasteiger partial charge in [-0.2, -0.15) is 0 Å². The predicted octanol–water partition coefficient (Wildman–Crippen LogP) is 4.18. The first kappa shape index (κ1) is 22.7. The summed E-state index contributed by atoms with van der Waals surface area (Å²) in [6.07, 6.45) is 15.4. The van der Waals surface area contributed by atoms with Crippen LogP contribution in [-0.2, 0) is 9.47 Å². The lowest BCUT2D eigenvalue weighted by Gasteiger charge is -2.11. The molecule has 27 heavy (non-hydrogen) atoms. The summed E-state index contributed by atoms with van der Waals surface area (Å²) in [5.74, 6) is -0.466. The largest absolute Gasteiger partial charge is 0.508 e. The maximum Gasteiger partial charge on any atom is 0.338 e. The number of esters is 1. The minimum absolute atomic E-state index is 0.0784. The molecule has 5 heteroatoms. The Labute approximate surface area is 161 Å². The van der Waals surface area contributed by atoms with Gasteiger partial charge < -0.3 is 19.7 Å². The summed E-state index contributed by atoms with van der Waals surface area (Å²) in [5.41, 5.74) is 0.322. The highest BCUT2D eigenvalue weighted by Gasteiger charge is 2.11. The number of rotatable bonds is 13. The Morgan fingerprint density at radius 2 is 1.70 bits per heavy atom. The van der Waals surface area contributed by atoms with E-state index < -0.39 is 12.1 Å². The molecule has 0 aliphatic heterocycles. The molecule has 0 saturated carbocycles. The standard InChI is InChI=1S/C22H30O5/c1-2-3-4-5-6-7-8-9-10-11-16-26-17-21(24)18-27-22(25)19-12-14-20(23)15-13-19/h4-9,12-15,21,23-24H,2-3,10-11,16-18H2,1H3/b5-4+,7-6+,9-8+. The lowest BCUT2D eigenvalue weighted by molar-refractivity contribution is -0.0111. The minimum Gasteiger partial charge on any atom is -0.508 e. The van der Waals surface area contributed by atoms with E-state index in [4.69, 9.17) is 9.47 Å². The van der Waals surface area contributed by atoms with E-state index in [0.717, 1.165) is 25.7 Å². The molecule has 0 aliphatic rings. The average molecular weight is 374 g/mol. The van der Waals surface area contributed by atoms with Crippen LogP contribution in [0.15, 0.2) is 60.7 Å². The molecule has 0 spiro atoms. The van der Waals surface area contributed by atoms with Gasteiger partial charge in [0.2, 0.25) is 0 Å². The van der Waals surface area contributed by atoms with Gasteiger partial charge in [0.05, 0.1) is 12.2 Å². The normalized spacial score (nSPS) is 13.0. The van der Waals surface area contributed by atoms with E-state index >= 15 is 0 Å². The minimum atomic E-state index is -0.862. The van der Waals surface area contributed by atoms with Gasteiger partial charge in [-0.3, -0.25) is 0 Å². The first-order valence-electron chi connectivity index (χ1n) is 9.33. The fraction of sp³-hybridized carbons (Fsp3) is 0.409. The molecule has 0 saturated heterocycles. The van der Waals surface area contributed by atoms with Crippen molar-refractivity contribution in [1.82, 2.24) is 0 Å². The van der Waals surface area contributed by atoms with Gasteiger partial charge in [0.25, 0.3) is 0 Å². The molecule has 0 amide bonds. The number of aliphatic hydroxyl groups excluding tert-OH is 1. The summed E-state index contributed by atoms with van der Waals surface area (Å²) in [6, 6.07) is 5.74. The van der Waals surface area contributed by atoms with E-state index in [-0.39, 0.29) is 19.0 Å². The fourth-order valence-corrected chi connectivity index (χ4v) is 2.07. The van der Waals surface area contributed by atoms with E-state index in [1.165, 1.54) is 24.3 Å². The Morgan fingerprint density at radius 3 is 2.37 bits per heavy atom. The molecule has 0 bridgehead atoms. The molecular formula is C22H30O5.